The van der Waals surface area contributed by atoms with Gasteiger partial charge in [0.05, 0.1) is 11.1 Å². The zero-order valence-corrected chi connectivity index (χ0v) is 18.3. The molecule has 168 valence electrons. The number of aliphatic hydroxyl groups excluding tert-OH is 1. The second-order valence-electron chi connectivity index (χ2n) is 9.11. The maximum Gasteiger partial charge on any atom is 0.231 e. The van der Waals surface area contributed by atoms with Crippen LogP contribution in [-0.2, 0) is 13.1 Å². The van der Waals surface area contributed by atoms with Gasteiger partial charge in [0.25, 0.3) is 0 Å². The molecule has 0 bridgehead atoms. The zero-order chi connectivity index (χ0) is 22.7. The van der Waals surface area contributed by atoms with Crippen molar-refractivity contribution < 1.29 is 13.9 Å². The lowest BCUT2D eigenvalue weighted by atomic mass is 10.1. The van der Waals surface area contributed by atoms with Crippen LogP contribution >= 0.6 is 0 Å². The number of aryl methyl sites for hydroxylation is 1. The van der Waals surface area contributed by atoms with E-state index < -0.39 is 6.23 Å². The molecule has 1 saturated carbocycles. The molecule has 1 aliphatic carbocycles. The minimum absolute atomic E-state index is 0.0188. The van der Waals surface area contributed by atoms with Crippen LogP contribution in [0.5, 0.6) is 0 Å². The second-order valence-corrected chi connectivity index (χ2v) is 9.11. The monoisotopic (exact) mass is 446 g/mol. The van der Waals surface area contributed by atoms with Crippen LogP contribution in [0.1, 0.15) is 48.6 Å². The molecule has 1 aliphatic heterocycles. The van der Waals surface area contributed by atoms with Crippen LogP contribution in [0.25, 0.3) is 22.5 Å². The van der Waals surface area contributed by atoms with Gasteiger partial charge in [0.1, 0.15) is 30.0 Å². The van der Waals surface area contributed by atoms with E-state index in [1.807, 2.05) is 11.8 Å². The van der Waals surface area contributed by atoms with Crippen molar-refractivity contribution in [1.29, 1.82) is 0 Å². The third-order valence-electron chi connectivity index (χ3n) is 6.52. The maximum atomic E-state index is 13.3. The molecule has 1 unspecified atom stereocenters. The van der Waals surface area contributed by atoms with Gasteiger partial charge in [-0.1, -0.05) is 0 Å². The summed E-state index contributed by atoms with van der Waals surface area (Å²) in [6.45, 7) is 4.94. The number of aromatic nitrogens is 4. The van der Waals surface area contributed by atoms with Gasteiger partial charge in [0.15, 0.2) is 5.82 Å². The van der Waals surface area contributed by atoms with Crippen LogP contribution < -0.4 is 5.32 Å². The van der Waals surface area contributed by atoms with Gasteiger partial charge in [-0.05, 0) is 51.0 Å². The first-order valence-corrected chi connectivity index (χ1v) is 11.0. The Balaban J connectivity index is 1.32. The number of nitrogens with zero attached hydrogens (tertiary/aromatic N) is 5. The first-order chi connectivity index (χ1) is 15.9. The van der Waals surface area contributed by atoms with Crippen molar-refractivity contribution >= 4 is 16.9 Å². The van der Waals surface area contributed by atoms with Crippen molar-refractivity contribution in [2.45, 2.75) is 51.5 Å². The third-order valence-corrected chi connectivity index (χ3v) is 6.52. The first kappa shape index (κ1) is 20.2. The average Bonchev–Trinajstić information content (AvgIpc) is 3.22. The Hall–Kier alpha value is -3.43. The summed E-state index contributed by atoms with van der Waals surface area (Å²) in [7, 11) is 0. The number of furan rings is 1. The summed E-state index contributed by atoms with van der Waals surface area (Å²) >= 11 is 0. The van der Waals surface area contributed by atoms with Crippen LogP contribution in [0, 0.1) is 12.7 Å². The normalized spacial score (nSPS) is 17.8. The molecule has 1 aromatic carbocycles. The minimum Gasteiger partial charge on any atom is -0.442 e. The van der Waals surface area contributed by atoms with Crippen LogP contribution in [0.2, 0.25) is 0 Å². The van der Waals surface area contributed by atoms with Crippen molar-refractivity contribution in [3.05, 3.63) is 65.2 Å². The molecule has 1 fully saturated rings. The van der Waals surface area contributed by atoms with E-state index in [1.165, 1.54) is 18.5 Å². The van der Waals surface area contributed by atoms with E-state index in [4.69, 9.17) is 4.42 Å². The number of rotatable bonds is 5. The molecule has 0 amide bonds. The number of hydrogen-bond donors (Lipinski definition) is 2. The summed E-state index contributed by atoms with van der Waals surface area (Å²) in [6, 6.07) is 6.11. The predicted octanol–water partition coefficient (Wildman–Crippen LogP) is 4.10. The standard InChI is InChI=1S/C24H23FN6O2/c1-13-18(19-21(30-24(2)7-8-24)27-12-28-22(19)33-13)23(32)31-10-15-9-26-20(29-17(15)11-31)14-3-5-16(25)6-4-14/h3-6,9,12,23,32H,7-8,10-11H2,1-2H3,(H,27,28,30). The highest BCUT2D eigenvalue weighted by molar-refractivity contribution is 5.90. The molecule has 4 aromatic rings. The summed E-state index contributed by atoms with van der Waals surface area (Å²) in [4.78, 5) is 19.8. The van der Waals surface area contributed by atoms with Gasteiger partial charge in [-0.15, -0.1) is 0 Å². The molecular weight excluding hydrogens is 423 g/mol. The number of hydrogen-bond acceptors (Lipinski definition) is 8. The fourth-order valence-corrected chi connectivity index (χ4v) is 4.34. The lowest BCUT2D eigenvalue weighted by Crippen LogP contribution is -2.24. The van der Waals surface area contributed by atoms with Gasteiger partial charge in [0.2, 0.25) is 5.71 Å². The molecule has 9 heteroatoms. The summed E-state index contributed by atoms with van der Waals surface area (Å²) in [5, 5.41) is 15.6. The Labute approximate surface area is 189 Å². The van der Waals surface area contributed by atoms with Gasteiger partial charge in [-0.3, -0.25) is 4.90 Å². The van der Waals surface area contributed by atoms with Crippen LogP contribution in [0.4, 0.5) is 10.2 Å². The van der Waals surface area contributed by atoms with E-state index in [-0.39, 0.29) is 11.4 Å². The number of aliphatic hydroxyl groups is 1. The molecule has 0 saturated heterocycles. The van der Waals surface area contributed by atoms with Gasteiger partial charge in [-0.2, -0.15) is 0 Å². The summed E-state index contributed by atoms with van der Waals surface area (Å²) in [6.07, 6.45) is 4.48. The first-order valence-electron chi connectivity index (χ1n) is 11.0. The van der Waals surface area contributed by atoms with E-state index in [1.54, 1.807) is 18.3 Å². The van der Waals surface area contributed by atoms with E-state index in [0.29, 0.717) is 47.2 Å². The number of benzene rings is 1. The zero-order valence-electron chi connectivity index (χ0n) is 18.3. The molecule has 33 heavy (non-hydrogen) atoms. The Morgan fingerprint density at radius 1 is 1.15 bits per heavy atom. The van der Waals surface area contributed by atoms with E-state index in [9.17, 15) is 9.50 Å². The Kier molecular flexibility index (Phi) is 4.46. The fourth-order valence-electron chi connectivity index (χ4n) is 4.34. The largest absolute Gasteiger partial charge is 0.442 e. The summed E-state index contributed by atoms with van der Waals surface area (Å²) in [5.41, 5.74) is 3.68. The molecule has 3 aromatic heterocycles. The summed E-state index contributed by atoms with van der Waals surface area (Å²) < 4.78 is 19.1. The molecule has 0 spiro atoms. The number of fused-ring (bicyclic) bond motifs is 2. The van der Waals surface area contributed by atoms with Crippen LogP contribution in [0.15, 0.2) is 41.2 Å². The predicted molar refractivity (Wildman–Crippen MR) is 119 cm³/mol. The molecule has 2 aliphatic rings. The Morgan fingerprint density at radius 3 is 2.70 bits per heavy atom. The van der Waals surface area contributed by atoms with Crippen molar-refractivity contribution in [2.75, 3.05) is 5.32 Å². The molecule has 2 N–H and O–H groups in total. The van der Waals surface area contributed by atoms with Gasteiger partial charge >= 0.3 is 0 Å². The fraction of sp³-hybridized carbons (Fsp3) is 0.333. The molecule has 4 heterocycles. The van der Waals surface area contributed by atoms with Crippen molar-refractivity contribution in [3.8, 4) is 11.4 Å². The molecule has 0 radical (unpaired) electrons. The van der Waals surface area contributed by atoms with E-state index in [2.05, 4.69) is 32.2 Å². The smallest absolute Gasteiger partial charge is 0.231 e. The number of halogens is 1. The van der Waals surface area contributed by atoms with Crippen molar-refractivity contribution in [2.24, 2.45) is 0 Å². The third kappa shape index (κ3) is 3.53. The van der Waals surface area contributed by atoms with Gasteiger partial charge in [0, 0.05) is 41.5 Å². The number of anilines is 1. The van der Waals surface area contributed by atoms with Crippen LogP contribution in [-0.4, -0.2) is 35.5 Å². The molecule has 8 nitrogen and oxygen atoms in total. The maximum absolute atomic E-state index is 13.3. The molecule has 6 rings (SSSR count). The van der Waals surface area contributed by atoms with E-state index >= 15 is 0 Å². The topological polar surface area (TPSA) is 100 Å². The SMILES string of the molecule is Cc1oc2ncnc(NC3(C)CC3)c2c1C(O)N1Cc2cnc(-c3ccc(F)cc3)nc2C1. The highest BCUT2D eigenvalue weighted by Gasteiger charge is 2.39. The van der Waals surface area contributed by atoms with E-state index in [0.717, 1.165) is 29.7 Å². The average molecular weight is 446 g/mol. The van der Waals surface area contributed by atoms with Crippen LogP contribution in [0.3, 0.4) is 0 Å². The lowest BCUT2D eigenvalue weighted by molar-refractivity contribution is -0.00215. The minimum atomic E-state index is -0.923. The van der Waals surface area contributed by atoms with Gasteiger partial charge < -0.3 is 14.8 Å². The Morgan fingerprint density at radius 2 is 1.94 bits per heavy atom. The lowest BCUT2D eigenvalue weighted by Gasteiger charge is -2.23. The summed E-state index contributed by atoms with van der Waals surface area (Å²) in [5.74, 6) is 1.52. The highest BCUT2D eigenvalue weighted by atomic mass is 19.1. The van der Waals surface area contributed by atoms with Crippen molar-refractivity contribution in [3.63, 3.8) is 0 Å². The number of nitrogens with one attached hydrogen (secondary N) is 1. The highest BCUT2D eigenvalue weighted by Crippen LogP contribution is 2.42. The van der Waals surface area contributed by atoms with Gasteiger partial charge in [-0.25, -0.2) is 24.3 Å². The molecule has 1 atom stereocenters. The molecular formula is C24H23FN6O2. The van der Waals surface area contributed by atoms with Crippen molar-refractivity contribution in [1.82, 2.24) is 24.8 Å². The second kappa shape index (κ2) is 7.29. The Bertz CT molecular complexity index is 1370. The quantitative estimate of drug-likeness (QED) is 0.473.